The first-order valence-corrected chi connectivity index (χ1v) is 9.52. The van der Waals surface area contributed by atoms with E-state index < -0.39 is 42.4 Å². The Morgan fingerprint density at radius 3 is 1.97 bits per heavy atom. The van der Waals surface area contributed by atoms with Crippen molar-refractivity contribution in [2.45, 2.75) is 9.24 Å². The monoisotopic (exact) mass is 465 g/mol. The van der Waals surface area contributed by atoms with Crippen LogP contribution in [0, 0.1) is 40.5 Å². The van der Waals surface area contributed by atoms with E-state index in [-0.39, 0.29) is 20.9 Å². The van der Waals surface area contributed by atoms with Gasteiger partial charge in [-0.1, -0.05) is 11.8 Å². The molecule has 0 bridgehead atoms. The Morgan fingerprint density at radius 2 is 1.39 bits per heavy atom. The molecule has 0 unspecified atom stereocenters. The van der Waals surface area contributed by atoms with Crippen LogP contribution in [-0.2, 0) is 0 Å². The van der Waals surface area contributed by atoms with Crippen molar-refractivity contribution < 1.29 is 24.4 Å². The van der Waals surface area contributed by atoms with Crippen LogP contribution in [0.3, 0.4) is 0 Å². The Kier molecular flexibility index (Phi) is 6.02. The SMILES string of the molecule is O=[N+]([O-])c1ccc(Oc2csc(Sc3ccc([N+](=O)[O-])cc3[N+](=O)[O-])n2)c([N+](=O)[O-])c1. The van der Waals surface area contributed by atoms with E-state index >= 15 is 0 Å². The molecule has 3 rings (SSSR count). The summed E-state index contributed by atoms with van der Waals surface area (Å²) in [5, 5.41) is 45.4. The molecule has 1 heterocycles. The van der Waals surface area contributed by atoms with Gasteiger partial charge in [0.15, 0.2) is 4.34 Å². The molecule has 0 saturated carbocycles. The molecule has 0 saturated heterocycles. The number of thiazole rings is 1. The minimum atomic E-state index is -0.843. The van der Waals surface area contributed by atoms with Crippen molar-refractivity contribution in [3.05, 3.63) is 82.2 Å². The van der Waals surface area contributed by atoms with Crippen LogP contribution in [-0.4, -0.2) is 24.7 Å². The second-order valence-electron chi connectivity index (χ2n) is 5.49. The molecule has 14 nitrogen and oxygen atoms in total. The van der Waals surface area contributed by atoms with Gasteiger partial charge in [-0.15, -0.1) is 11.3 Å². The van der Waals surface area contributed by atoms with Crippen molar-refractivity contribution >= 4 is 45.8 Å². The maximum atomic E-state index is 11.2. The lowest BCUT2D eigenvalue weighted by atomic mass is 10.2. The van der Waals surface area contributed by atoms with Crippen molar-refractivity contribution in [2.75, 3.05) is 0 Å². The lowest BCUT2D eigenvalue weighted by molar-refractivity contribution is -0.396. The number of aromatic nitrogens is 1. The number of rotatable bonds is 8. The van der Waals surface area contributed by atoms with E-state index in [1.807, 2.05) is 0 Å². The summed E-state index contributed by atoms with van der Waals surface area (Å²) in [6.45, 7) is 0. The van der Waals surface area contributed by atoms with Crippen molar-refractivity contribution in [3.63, 3.8) is 0 Å². The van der Waals surface area contributed by atoms with Crippen LogP contribution in [0.4, 0.5) is 22.7 Å². The number of hydrogen-bond donors (Lipinski definition) is 0. The lowest BCUT2D eigenvalue weighted by Gasteiger charge is -2.03. The molecule has 0 amide bonds. The van der Waals surface area contributed by atoms with Crippen molar-refractivity contribution in [1.82, 2.24) is 4.98 Å². The van der Waals surface area contributed by atoms with E-state index in [9.17, 15) is 40.5 Å². The fourth-order valence-electron chi connectivity index (χ4n) is 2.24. The third kappa shape index (κ3) is 4.87. The molecule has 31 heavy (non-hydrogen) atoms. The summed E-state index contributed by atoms with van der Waals surface area (Å²) in [6, 6.07) is 5.99. The van der Waals surface area contributed by atoms with Crippen molar-refractivity contribution in [1.29, 1.82) is 0 Å². The van der Waals surface area contributed by atoms with Gasteiger partial charge in [0, 0.05) is 12.1 Å². The van der Waals surface area contributed by atoms with Crippen LogP contribution >= 0.6 is 23.1 Å². The Balaban J connectivity index is 1.85. The molecule has 158 valence electrons. The molecule has 0 aliphatic rings. The topological polar surface area (TPSA) is 195 Å². The molecule has 0 atom stereocenters. The number of nitro benzene ring substituents is 4. The smallest absolute Gasteiger partial charge is 0.318 e. The van der Waals surface area contributed by atoms with Crippen LogP contribution in [0.15, 0.2) is 51.0 Å². The van der Waals surface area contributed by atoms with Crippen LogP contribution in [0.25, 0.3) is 0 Å². The van der Waals surface area contributed by atoms with Gasteiger partial charge in [-0.25, -0.2) is 0 Å². The van der Waals surface area contributed by atoms with Gasteiger partial charge in [0.25, 0.3) is 17.1 Å². The minimum absolute atomic E-state index is 0.0750. The van der Waals surface area contributed by atoms with Gasteiger partial charge in [-0.3, -0.25) is 40.5 Å². The van der Waals surface area contributed by atoms with E-state index in [0.717, 1.165) is 53.4 Å². The summed E-state index contributed by atoms with van der Waals surface area (Å²) in [5.41, 5.74) is -2.05. The second-order valence-corrected chi connectivity index (χ2v) is 7.64. The molecule has 0 aliphatic heterocycles. The zero-order valence-corrected chi connectivity index (χ0v) is 16.4. The Labute approximate surface area is 178 Å². The molecule has 0 spiro atoms. The predicted molar refractivity (Wildman–Crippen MR) is 106 cm³/mol. The molecule has 0 aliphatic carbocycles. The Bertz CT molecular complexity index is 1140. The van der Waals surface area contributed by atoms with E-state index in [2.05, 4.69) is 4.98 Å². The normalized spacial score (nSPS) is 10.5. The molecule has 0 N–H and O–H groups in total. The number of non-ortho nitro benzene ring substituents is 2. The minimum Gasteiger partial charge on any atom is -0.431 e. The van der Waals surface area contributed by atoms with Gasteiger partial charge < -0.3 is 4.74 Å². The molecule has 1 aromatic heterocycles. The summed E-state index contributed by atoms with van der Waals surface area (Å²) < 4.78 is 5.61. The Morgan fingerprint density at radius 1 is 0.806 bits per heavy atom. The highest BCUT2D eigenvalue weighted by atomic mass is 32.2. The predicted octanol–water partition coefficient (Wildman–Crippen LogP) is 4.72. The maximum Gasteiger partial charge on any atom is 0.318 e. The fourth-order valence-corrected chi connectivity index (χ4v) is 3.99. The molecular weight excluding hydrogens is 458 g/mol. The highest BCUT2D eigenvalue weighted by molar-refractivity contribution is 8.01. The van der Waals surface area contributed by atoms with Crippen LogP contribution in [0.2, 0.25) is 0 Å². The molecule has 2 aromatic carbocycles. The van der Waals surface area contributed by atoms with Gasteiger partial charge in [-0.05, 0) is 12.1 Å². The second kappa shape index (κ2) is 8.67. The first-order valence-electron chi connectivity index (χ1n) is 7.82. The largest absolute Gasteiger partial charge is 0.431 e. The molecule has 3 aromatic rings. The highest BCUT2D eigenvalue weighted by Gasteiger charge is 2.23. The first-order chi connectivity index (χ1) is 14.7. The van der Waals surface area contributed by atoms with Crippen LogP contribution < -0.4 is 4.74 Å². The van der Waals surface area contributed by atoms with E-state index in [4.69, 9.17) is 4.74 Å². The van der Waals surface area contributed by atoms with Gasteiger partial charge in [-0.2, -0.15) is 4.98 Å². The summed E-state index contributed by atoms with van der Waals surface area (Å²) in [5.74, 6) is -0.354. The molecule has 16 heteroatoms. The number of nitro groups is 4. The standard InChI is InChI=1S/C15H7N5O9S2/c21-17(22)8-1-3-12(10(5-8)19(25)26)29-14-7-30-15(16-14)31-13-4-2-9(18(23)24)6-11(13)20(27)28/h1-7H. The third-order valence-electron chi connectivity index (χ3n) is 3.57. The van der Waals surface area contributed by atoms with E-state index in [1.165, 1.54) is 11.4 Å². The van der Waals surface area contributed by atoms with Gasteiger partial charge >= 0.3 is 5.69 Å². The molecule has 0 radical (unpaired) electrons. The number of hydrogen-bond acceptors (Lipinski definition) is 12. The third-order valence-corrected chi connectivity index (χ3v) is 5.56. The molecular formula is C15H7N5O9S2. The van der Waals surface area contributed by atoms with E-state index in [1.54, 1.807) is 0 Å². The van der Waals surface area contributed by atoms with Crippen molar-refractivity contribution in [2.24, 2.45) is 0 Å². The highest BCUT2D eigenvalue weighted by Crippen LogP contribution is 2.40. The average molecular weight is 465 g/mol. The summed E-state index contributed by atoms with van der Waals surface area (Å²) >= 11 is 1.86. The summed E-state index contributed by atoms with van der Waals surface area (Å²) in [4.78, 5) is 45.0. The number of ether oxygens (including phenoxy) is 1. The summed E-state index contributed by atoms with van der Waals surface area (Å²) in [7, 11) is 0. The van der Waals surface area contributed by atoms with Crippen molar-refractivity contribution in [3.8, 4) is 11.6 Å². The lowest BCUT2D eigenvalue weighted by Crippen LogP contribution is -1.96. The zero-order valence-electron chi connectivity index (χ0n) is 14.8. The number of benzene rings is 2. The van der Waals surface area contributed by atoms with E-state index in [0.29, 0.717) is 0 Å². The number of nitrogens with zero attached hydrogens (tertiary/aromatic N) is 5. The quantitative estimate of drug-likeness (QED) is 0.330. The maximum absolute atomic E-state index is 11.2. The van der Waals surface area contributed by atoms with Gasteiger partial charge in [0.1, 0.15) is 0 Å². The van der Waals surface area contributed by atoms with Gasteiger partial charge in [0.2, 0.25) is 11.6 Å². The van der Waals surface area contributed by atoms with Crippen LogP contribution in [0.1, 0.15) is 0 Å². The first kappa shape index (κ1) is 21.5. The summed E-state index contributed by atoms with van der Waals surface area (Å²) in [6.07, 6.45) is 0. The molecule has 0 fully saturated rings. The Hall–Kier alpha value is -4.18. The van der Waals surface area contributed by atoms with Crippen LogP contribution in [0.5, 0.6) is 11.6 Å². The fraction of sp³-hybridized carbons (Fsp3) is 0. The average Bonchev–Trinajstić information content (AvgIpc) is 3.14. The zero-order chi connectivity index (χ0) is 22.7. The van der Waals surface area contributed by atoms with Gasteiger partial charge in [0.05, 0.1) is 42.1 Å².